The van der Waals surface area contributed by atoms with Crippen LogP contribution in [0.1, 0.15) is 36.9 Å². The van der Waals surface area contributed by atoms with Crippen LogP contribution in [0.2, 0.25) is 0 Å². The van der Waals surface area contributed by atoms with Crippen LogP contribution >= 0.6 is 0 Å². The lowest BCUT2D eigenvalue weighted by molar-refractivity contribution is 0.149. The maximum absolute atomic E-state index is 12.5. The third kappa shape index (κ3) is 2.99. The molecule has 3 atom stereocenters. The summed E-state index contributed by atoms with van der Waals surface area (Å²) >= 11 is 0. The Bertz CT molecular complexity index is 617. The Balaban J connectivity index is 1.79. The largest absolute Gasteiger partial charge is 0.391 e. The van der Waals surface area contributed by atoms with Gasteiger partial charge in [0.2, 0.25) is 0 Å². The second kappa shape index (κ2) is 5.68. The lowest BCUT2D eigenvalue weighted by atomic mass is 10.0. The van der Waals surface area contributed by atoms with E-state index < -0.39 is 22.4 Å². The Morgan fingerprint density at radius 3 is 2.86 bits per heavy atom. The number of aliphatic hydroxyl groups excluding tert-OH is 1. The van der Waals surface area contributed by atoms with Crippen LogP contribution in [-0.4, -0.2) is 37.0 Å². The minimum atomic E-state index is -3.55. The lowest BCUT2D eigenvalue weighted by Gasteiger charge is -2.31. The van der Waals surface area contributed by atoms with Gasteiger partial charge in [-0.2, -0.15) is 17.4 Å². The van der Waals surface area contributed by atoms with Crippen LogP contribution in [-0.2, 0) is 16.6 Å². The molecule has 0 amide bonds. The average molecular weight is 310 g/mol. The zero-order valence-corrected chi connectivity index (χ0v) is 13.0. The minimum absolute atomic E-state index is 0.385. The molecule has 2 aliphatic rings. The molecule has 6 heteroatoms. The van der Waals surface area contributed by atoms with E-state index in [9.17, 15) is 13.5 Å². The molecule has 1 aliphatic heterocycles. The fourth-order valence-corrected chi connectivity index (χ4v) is 4.89. The molecule has 5 nitrogen and oxygen atoms in total. The van der Waals surface area contributed by atoms with Crippen molar-refractivity contribution in [1.29, 1.82) is 0 Å². The summed E-state index contributed by atoms with van der Waals surface area (Å²) in [7, 11) is -3.55. The van der Waals surface area contributed by atoms with Gasteiger partial charge < -0.3 is 5.11 Å². The van der Waals surface area contributed by atoms with Crippen LogP contribution < -0.4 is 4.72 Å². The van der Waals surface area contributed by atoms with E-state index >= 15 is 0 Å². The Hall–Kier alpha value is -0.950. The summed E-state index contributed by atoms with van der Waals surface area (Å²) in [5.74, 6) is 0.385. The van der Waals surface area contributed by atoms with Gasteiger partial charge >= 0.3 is 0 Å². The first-order valence-electron chi connectivity index (χ1n) is 7.50. The summed E-state index contributed by atoms with van der Waals surface area (Å²) < 4.78 is 29.3. The predicted molar refractivity (Wildman–Crippen MR) is 80.9 cm³/mol. The highest BCUT2D eigenvalue weighted by Gasteiger charge is 2.36. The number of rotatable bonds is 3. The average Bonchev–Trinajstić information content (AvgIpc) is 2.75. The second-order valence-corrected chi connectivity index (χ2v) is 7.88. The first kappa shape index (κ1) is 15.0. The molecule has 2 N–H and O–H groups in total. The zero-order valence-electron chi connectivity index (χ0n) is 12.2. The fraction of sp³-hybridized carbons (Fsp3) is 0.600. The van der Waals surface area contributed by atoms with E-state index in [4.69, 9.17) is 0 Å². The number of benzene rings is 1. The van der Waals surface area contributed by atoms with Crippen molar-refractivity contribution in [3.8, 4) is 0 Å². The highest BCUT2D eigenvalue weighted by atomic mass is 32.2. The van der Waals surface area contributed by atoms with Crippen molar-refractivity contribution >= 4 is 10.2 Å². The van der Waals surface area contributed by atoms with Gasteiger partial charge in [0, 0.05) is 19.5 Å². The van der Waals surface area contributed by atoms with Gasteiger partial charge in [0.1, 0.15) is 0 Å². The van der Waals surface area contributed by atoms with Gasteiger partial charge in [-0.05, 0) is 29.9 Å². The molecule has 3 rings (SSSR count). The third-order valence-electron chi connectivity index (χ3n) is 4.44. The van der Waals surface area contributed by atoms with E-state index in [0.717, 1.165) is 24.0 Å². The number of hydrogen-bond donors (Lipinski definition) is 2. The molecule has 1 heterocycles. The Kier molecular flexibility index (Phi) is 4.05. The predicted octanol–water partition coefficient (Wildman–Crippen LogP) is 1.21. The van der Waals surface area contributed by atoms with Crippen molar-refractivity contribution in [3.05, 3.63) is 35.4 Å². The standard InChI is InChI=1S/C15H22N2O3S/c1-11-5-4-8-17(10-11)21(19,20)16-15-13-7-3-2-6-12(13)9-14(15)18/h2-3,6-7,11,14-16,18H,4-5,8-10H2,1H3/t11?,14-,15+/m0/s1. The molecule has 0 spiro atoms. The molecule has 0 radical (unpaired) electrons. The molecule has 21 heavy (non-hydrogen) atoms. The van der Waals surface area contributed by atoms with E-state index in [-0.39, 0.29) is 0 Å². The van der Waals surface area contributed by atoms with E-state index in [1.54, 1.807) is 0 Å². The van der Waals surface area contributed by atoms with Crippen LogP contribution in [0.4, 0.5) is 0 Å². The third-order valence-corrected chi connectivity index (χ3v) is 6.00. The quantitative estimate of drug-likeness (QED) is 0.882. The highest BCUT2D eigenvalue weighted by molar-refractivity contribution is 7.87. The van der Waals surface area contributed by atoms with E-state index in [1.165, 1.54) is 4.31 Å². The molecule has 116 valence electrons. The summed E-state index contributed by atoms with van der Waals surface area (Å²) in [5.41, 5.74) is 1.91. The molecule has 1 unspecified atom stereocenters. The Labute approximate surface area is 126 Å². The van der Waals surface area contributed by atoms with Crippen molar-refractivity contribution in [2.75, 3.05) is 13.1 Å². The van der Waals surface area contributed by atoms with Crippen LogP contribution in [0.5, 0.6) is 0 Å². The molecule has 1 aromatic rings. The zero-order chi connectivity index (χ0) is 15.0. The molecule has 0 saturated carbocycles. The molecule has 1 aliphatic carbocycles. The Morgan fingerprint density at radius 2 is 2.10 bits per heavy atom. The fourth-order valence-electron chi connectivity index (χ4n) is 3.32. The smallest absolute Gasteiger partial charge is 0.280 e. The molecular weight excluding hydrogens is 288 g/mol. The molecule has 1 fully saturated rings. The lowest BCUT2D eigenvalue weighted by Crippen LogP contribution is -2.47. The van der Waals surface area contributed by atoms with Gasteiger partial charge in [-0.1, -0.05) is 31.2 Å². The molecule has 1 saturated heterocycles. The first-order chi connectivity index (χ1) is 9.97. The summed E-state index contributed by atoms with van der Waals surface area (Å²) in [6.45, 7) is 3.19. The molecule has 0 bridgehead atoms. The molecular formula is C15H22N2O3S. The van der Waals surface area contributed by atoms with Crippen molar-refractivity contribution in [3.63, 3.8) is 0 Å². The Morgan fingerprint density at radius 1 is 1.33 bits per heavy atom. The second-order valence-electron chi connectivity index (χ2n) is 6.18. The van der Waals surface area contributed by atoms with E-state index in [1.807, 2.05) is 24.3 Å². The van der Waals surface area contributed by atoms with Crippen molar-refractivity contribution in [1.82, 2.24) is 9.03 Å². The molecule has 1 aromatic carbocycles. The van der Waals surface area contributed by atoms with Crippen LogP contribution in [0.25, 0.3) is 0 Å². The first-order valence-corrected chi connectivity index (χ1v) is 8.94. The van der Waals surface area contributed by atoms with Gasteiger partial charge in [-0.15, -0.1) is 0 Å². The van der Waals surface area contributed by atoms with Crippen LogP contribution in [0, 0.1) is 5.92 Å². The van der Waals surface area contributed by atoms with Crippen molar-refractivity contribution < 1.29 is 13.5 Å². The van der Waals surface area contributed by atoms with Crippen molar-refractivity contribution in [2.24, 2.45) is 5.92 Å². The van der Waals surface area contributed by atoms with Gasteiger partial charge in [-0.25, -0.2) is 0 Å². The minimum Gasteiger partial charge on any atom is -0.391 e. The van der Waals surface area contributed by atoms with Gasteiger partial charge in [0.25, 0.3) is 10.2 Å². The van der Waals surface area contributed by atoms with E-state index in [2.05, 4.69) is 11.6 Å². The van der Waals surface area contributed by atoms with E-state index in [0.29, 0.717) is 25.4 Å². The summed E-state index contributed by atoms with van der Waals surface area (Å²) in [6, 6.07) is 7.08. The summed E-state index contributed by atoms with van der Waals surface area (Å²) in [4.78, 5) is 0. The van der Waals surface area contributed by atoms with Crippen molar-refractivity contribution in [2.45, 2.75) is 38.3 Å². The number of nitrogens with zero attached hydrogens (tertiary/aromatic N) is 1. The number of aliphatic hydroxyl groups is 1. The maximum atomic E-state index is 12.5. The SMILES string of the molecule is CC1CCCN(S(=O)(=O)N[C@@H]2c3ccccc3C[C@@H]2O)C1. The van der Waals surface area contributed by atoms with Crippen LogP contribution in [0.3, 0.4) is 0 Å². The molecule has 0 aromatic heterocycles. The number of nitrogens with one attached hydrogen (secondary N) is 1. The van der Waals surface area contributed by atoms with Crippen LogP contribution in [0.15, 0.2) is 24.3 Å². The van der Waals surface area contributed by atoms with Gasteiger partial charge in [-0.3, -0.25) is 0 Å². The maximum Gasteiger partial charge on any atom is 0.280 e. The summed E-state index contributed by atoms with van der Waals surface area (Å²) in [6.07, 6.45) is 1.77. The highest BCUT2D eigenvalue weighted by Crippen LogP contribution is 2.32. The van der Waals surface area contributed by atoms with Gasteiger partial charge in [0.15, 0.2) is 0 Å². The number of fused-ring (bicyclic) bond motifs is 1. The number of piperidine rings is 1. The monoisotopic (exact) mass is 310 g/mol. The topological polar surface area (TPSA) is 69.6 Å². The summed E-state index contributed by atoms with van der Waals surface area (Å²) in [5, 5.41) is 10.2. The number of hydrogen-bond acceptors (Lipinski definition) is 3. The normalized spacial score (nSPS) is 30.3. The van der Waals surface area contributed by atoms with Gasteiger partial charge in [0.05, 0.1) is 12.1 Å².